The van der Waals surface area contributed by atoms with E-state index in [1.807, 2.05) is 18.2 Å². The molecular formula is C13H19Cl2N. The Bertz CT molecular complexity index is 326. The summed E-state index contributed by atoms with van der Waals surface area (Å²) >= 11 is 12.2. The van der Waals surface area contributed by atoms with Gasteiger partial charge in [-0.25, -0.2) is 0 Å². The fourth-order valence-corrected chi connectivity index (χ4v) is 2.45. The quantitative estimate of drug-likeness (QED) is 0.793. The maximum Gasteiger partial charge on any atom is 0.0441 e. The van der Waals surface area contributed by atoms with E-state index in [0.717, 1.165) is 42.3 Å². The Morgan fingerprint density at radius 3 is 2.62 bits per heavy atom. The van der Waals surface area contributed by atoms with Gasteiger partial charge in [0.2, 0.25) is 0 Å². The third kappa shape index (κ3) is 3.97. The first kappa shape index (κ1) is 13.8. The number of benzene rings is 1. The normalized spacial score (nSPS) is 12.8. The van der Waals surface area contributed by atoms with Crippen LogP contribution in [0.15, 0.2) is 18.2 Å². The van der Waals surface area contributed by atoms with E-state index in [1.54, 1.807) is 0 Å². The molecule has 0 saturated heterocycles. The SMILES string of the molecule is CCCC(CCCN)c1cc(Cl)ccc1Cl. The van der Waals surface area contributed by atoms with Crippen LogP contribution in [0.25, 0.3) is 0 Å². The minimum absolute atomic E-state index is 0.486. The van der Waals surface area contributed by atoms with Crippen molar-refractivity contribution < 1.29 is 0 Å². The van der Waals surface area contributed by atoms with Crippen LogP contribution < -0.4 is 5.73 Å². The molecule has 90 valence electrons. The van der Waals surface area contributed by atoms with Crippen LogP contribution in [0, 0.1) is 0 Å². The van der Waals surface area contributed by atoms with Gasteiger partial charge in [-0.05, 0) is 55.5 Å². The molecule has 0 aliphatic rings. The first-order valence-electron chi connectivity index (χ1n) is 5.84. The molecule has 0 spiro atoms. The summed E-state index contributed by atoms with van der Waals surface area (Å²) in [6.07, 6.45) is 4.41. The monoisotopic (exact) mass is 259 g/mol. The van der Waals surface area contributed by atoms with Crippen molar-refractivity contribution in [2.24, 2.45) is 5.73 Å². The van der Waals surface area contributed by atoms with Crippen LogP contribution in [0.5, 0.6) is 0 Å². The Balaban J connectivity index is 2.85. The first-order chi connectivity index (χ1) is 7.69. The van der Waals surface area contributed by atoms with Crippen molar-refractivity contribution >= 4 is 23.2 Å². The van der Waals surface area contributed by atoms with E-state index >= 15 is 0 Å². The summed E-state index contributed by atoms with van der Waals surface area (Å²) in [6, 6.07) is 5.70. The van der Waals surface area contributed by atoms with Gasteiger partial charge in [-0.15, -0.1) is 0 Å². The van der Waals surface area contributed by atoms with Crippen molar-refractivity contribution in [3.8, 4) is 0 Å². The lowest BCUT2D eigenvalue weighted by molar-refractivity contribution is 0.550. The van der Waals surface area contributed by atoms with Crippen LogP contribution in [-0.4, -0.2) is 6.54 Å². The molecule has 16 heavy (non-hydrogen) atoms. The summed E-state index contributed by atoms with van der Waals surface area (Å²) in [5, 5.41) is 1.58. The topological polar surface area (TPSA) is 26.0 Å². The van der Waals surface area contributed by atoms with E-state index in [4.69, 9.17) is 28.9 Å². The Kier molecular flexibility index (Phi) is 6.18. The Hall–Kier alpha value is -0.240. The van der Waals surface area contributed by atoms with E-state index < -0.39 is 0 Å². The standard InChI is InChI=1S/C13H19Cl2N/c1-2-4-10(5-3-8-16)12-9-11(14)6-7-13(12)15/h6-7,9-10H,2-5,8,16H2,1H3. The van der Waals surface area contributed by atoms with Crippen LogP contribution in [0.4, 0.5) is 0 Å². The molecule has 1 aromatic rings. The second-order valence-electron chi connectivity index (χ2n) is 4.08. The molecule has 2 N–H and O–H groups in total. The van der Waals surface area contributed by atoms with Gasteiger partial charge in [0.25, 0.3) is 0 Å². The Morgan fingerprint density at radius 1 is 1.25 bits per heavy atom. The van der Waals surface area contributed by atoms with Crippen molar-refractivity contribution in [1.29, 1.82) is 0 Å². The maximum absolute atomic E-state index is 6.22. The lowest BCUT2D eigenvalue weighted by Crippen LogP contribution is -2.05. The molecule has 0 amide bonds. The van der Waals surface area contributed by atoms with Crippen LogP contribution in [0.1, 0.15) is 44.1 Å². The van der Waals surface area contributed by atoms with Crippen LogP contribution in [-0.2, 0) is 0 Å². The Labute approximate surface area is 108 Å². The summed E-state index contributed by atoms with van der Waals surface area (Å²) in [6.45, 7) is 2.92. The average Bonchev–Trinajstić information content (AvgIpc) is 2.28. The van der Waals surface area contributed by atoms with Gasteiger partial charge in [0.05, 0.1) is 0 Å². The van der Waals surface area contributed by atoms with Gasteiger partial charge >= 0.3 is 0 Å². The summed E-state index contributed by atoms with van der Waals surface area (Å²) in [5.74, 6) is 0.486. The molecule has 0 aromatic heterocycles. The zero-order chi connectivity index (χ0) is 12.0. The number of halogens is 2. The zero-order valence-corrected chi connectivity index (χ0v) is 11.2. The lowest BCUT2D eigenvalue weighted by atomic mass is 9.90. The minimum Gasteiger partial charge on any atom is -0.330 e. The molecule has 1 nitrogen and oxygen atoms in total. The second-order valence-corrected chi connectivity index (χ2v) is 4.93. The highest BCUT2D eigenvalue weighted by Crippen LogP contribution is 2.33. The molecule has 1 rings (SSSR count). The van der Waals surface area contributed by atoms with E-state index in [9.17, 15) is 0 Å². The first-order valence-corrected chi connectivity index (χ1v) is 6.59. The number of hydrogen-bond donors (Lipinski definition) is 1. The van der Waals surface area contributed by atoms with E-state index in [-0.39, 0.29) is 0 Å². The molecule has 3 heteroatoms. The maximum atomic E-state index is 6.22. The minimum atomic E-state index is 0.486. The summed E-state index contributed by atoms with van der Waals surface area (Å²) in [7, 11) is 0. The van der Waals surface area contributed by atoms with Gasteiger partial charge < -0.3 is 5.73 Å². The smallest absolute Gasteiger partial charge is 0.0441 e. The van der Waals surface area contributed by atoms with Crippen molar-refractivity contribution in [3.05, 3.63) is 33.8 Å². The summed E-state index contributed by atoms with van der Waals surface area (Å²) < 4.78 is 0. The summed E-state index contributed by atoms with van der Waals surface area (Å²) in [4.78, 5) is 0. The van der Waals surface area contributed by atoms with Crippen molar-refractivity contribution in [3.63, 3.8) is 0 Å². The van der Waals surface area contributed by atoms with Crippen molar-refractivity contribution in [1.82, 2.24) is 0 Å². The molecule has 1 aromatic carbocycles. The van der Waals surface area contributed by atoms with Gasteiger partial charge in [-0.1, -0.05) is 36.5 Å². The van der Waals surface area contributed by atoms with Crippen molar-refractivity contribution in [2.45, 2.75) is 38.5 Å². The number of nitrogens with two attached hydrogens (primary N) is 1. The van der Waals surface area contributed by atoms with E-state index in [0.29, 0.717) is 5.92 Å². The molecule has 0 fully saturated rings. The molecule has 0 radical (unpaired) electrons. The molecular weight excluding hydrogens is 241 g/mol. The zero-order valence-electron chi connectivity index (χ0n) is 9.68. The predicted molar refractivity (Wildman–Crippen MR) is 72.4 cm³/mol. The molecule has 0 bridgehead atoms. The third-order valence-electron chi connectivity index (χ3n) is 2.79. The number of rotatable bonds is 6. The second kappa shape index (κ2) is 7.16. The molecule has 1 unspecified atom stereocenters. The molecule has 0 aliphatic carbocycles. The van der Waals surface area contributed by atoms with E-state index in [2.05, 4.69) is 6.92 Å². The highest BCUT2D eigenvalue weighted by molar-refractivity contribution is 6.33. The van der Waals surface area contributed by atoms with Crippen LogP contribution in [0.3, 0.4) is 0 Å². The molecule has 0 heterocycles. The lowest BCUT2D eigenvalue weighted by Gasteiger charge is -2.18. The summed E-state index contributed by atoms with van der Waals surface area (Å²) in [5.41, 5.74) is 6.73. The fourth-order valence-electron chi connectivity index (χ4n) is 2.00. The third-order valence-corrected chi connectivity index (χ3v) is 3.37. The van der Waals surface area contributed by atoms with Crippen molar-refractivity contribution in [2.75, 3.05) is 6.54 Å². The highest BCUT2D eigenvalue weighted by Gasteiger charge is 2.14. The predicted octanol–water partition coefficient (Wildman–Crippen LogP) is 4.62. The average molecular weight is 260 g/mol. The molecule has 0 saturated carbocycles. The number of hydrogen-bond acceptors (Lipinski definition) is 1. The fraction of sp³-hybridized carbons (Fsp3) is 0.538. The van der Waals surface area contributed by atoms with Crippen LogP contribution >= 0.6 is 23.2 Å². The van der Waals surface area contributed by atoms with Gasteiger partial charge in [0.1, 0.15) is 0 Å². The largest absolute Gasteiger partial charge is 0.330 e. The van der Waals surface area contributed by atoms with E-state index in [1.165, 1.54) is 5.56 Å². The Morgan fingerprint density at radius 2 is 2.00 bits per heavy atom. The van der Waals surface area contributed by atoms with Gasteiger partial charge in [0, 0.05) is 10.0 Å². The molecule has 1 atom stereocenters. The molecule has 0 aliphatic heterocycles. The van der Waals surface area contributed by atoms with Gasteiger partial charge in [-0.2, -0.15) is 0 Å². The van der Waals surface area contributed by atoms with Gasteiger partial charge in [0.15, 0.2) is 0 Å². The highest BCUT2D eigenvalue weighted by atomic mass is 35.5. The van der Waals surface area contributed by atoms with Gasteiger partial charge in [-0.3, -0.25) is 0 Å². The van der Waals surface area contributed by atoms with Crippen LogP contribution in [0.2, 0.25) is 10.0 Å².